The van der Waals surface area contributed by atoms with Crippen molar-refractivity contribution in [2.75, 3.05) is 5.32 Å². The zero-order valence-electron chi connectivity index (χ0n) is 9.34. The van der Waals surface area contributed by atoms with Crippen molar-refractivity contribution in [1.29, 1.82) is 0 Å². The van der Waals surface area contributed by atoms with Crippen LogP contribution in [0.15, 0.2) is 42.6 Å². The lowest BCUT2D eigenvalue weighted by Crippen LogP contribution is -2.05. The molecule has 0 fully saturated rings. The molecule has 4 heteroatoms. The molecule has 0 unspecified atom stereocenters. The Morgan fingerprint density at radius 3 is 2.82 bits per heavy atom. The Bertz CT molecular complexity index is 553. The van der Waals surface area contributed by atoms with Gasteiger partial charge < -0.3 is 10.4 Å². The summed E-state index contributed by atoms with van der Waals surface area (Å²) >= 11 is 0. The quantitative estimate of drug-likeness (QED) is 0.829. The molecule has 86 valence electrons. The van der Waals surface area contributed by atoms with Crippen molar-refractivity contribution in [2.24, 2.45) is 0 Å². The number of aromatic hydroxyl groups is 1. The predicted molar refractivity (Wildman–Crippen MR) is 65.6 cm³/mol. The zero-order valence-corrected chi connectivity index (χ0v) is 9.34. The first-order chi connectivity index (χ1) is 8.16. The van der Waals surface area contributed by atoms with Gasteiger partial charge in [-0.25, -0.2) is 0 Å². The Hall–Kier alpha value is -2.36. The third-order valence-electron chi connectivity index (χ3n) is 2.24. The number of hydrogen-bond acceptors (Lipinski definition) is 3. The SMILES string of the molecule is CC(=O)Nc1cccc(-c2ncccc2O)c1. The second-order valence-electron chi connectivity index (χ2n) is 3.63. The summed E-state index contributed by atoms with van der Waals surface area (Å²) in [7, 11) is 0. The number of carbonyl (C=O) groups excluding carboxylic acids is 1. The largest absolute Gasteiger partial charge is 0.506 e. The third kappa shape index (κ3) is 2.60. The summed E-state index contributed by atoms with van der Waals surface area (Å²) in [6.45, 7) is 1.45. The van der Waals surface area contributed by atoms with E-state index < -0.39 is 0 Å². The molecule has 0 aliphatic heterocycles. The summed E-state index contributed by atoms with van der Waals surface area (Å²) in [5.74, 6) is -0.0140. The molecule has 1 amide bonds. The van der Waals surface area contributed by atoms with E-state index in [-0.39, 0.29) is 11.7 Å². The highest BCUT2D eigenvalue weighted by atomic mass is 16.3. The van der Waals surface area contributed by atoms with Crippen LogP contribution in [0.25, 0.3) is 11.3 Å². The van der Waals surface area contributed by atoms with Gasteiger partial charge in [-0.3, -0.25) is 9.78 Å². The molecule has 2 aromatic rings. The smallest absolute Gasteiger partial charge is 0.221 e. The van der Waals surface area contributed by atoms with E-state index in [2.05, 4.69) is 10.3 Å². The second-order valence-corrected chi connectivity index (χ2v) is 3.63. The van der Waals surface area contributed by atoms with Crippen LogP contribution in [-0.4, -0.2) is 16.0 Å². The van der Waals surface area contributed by atoms with Crippen LogP contribution in [0.2, 0.25) is 0 Å². The first kappa shape index (κ1) is 11.1. The monoisotopic (exact) mass is 228 g/mol. The summed E-state index contributed by atoms with van der Waals surface area (Å²) in [5.41, 5.74) is 1.94. The molecule has 17 heavy (non-hydrogen) atoms. The lowest BCUT2D eigenvalue weighted by molar-refractivity contribution is -0.114. The molecule has 1 heterocycles. The Morgan fingerprint density at radius 1 is 1.29 bits per heavy atom. The van der Waals surface area contributed by atoms with E-state index in [1.807, 2.05) is 6.07 Å². The average molecular weight is 228 g/mol. The molecule has 0 spiro atoms. The maximum absolute atomic E-state index is 11.0. The summed E-state index contributed by atoms with van der Waals surface area (Å²) < 4.78 is 0. The molecule has 0 saturated carbocycles. The van der Waals surface area contributed by atoms with Crippen molar-refractivity contribution in [3.63, 3.8) is 0 Å². The van der Waals surface area contributed by atoms with Crippen molar-refractivity contribution in [3.05, 3.63) is 42.6 Å². The van der Waals surface area contributed by atoms with E-state index in [0.717, 1.165) is 5.56 Å². The molecule has 2 rings (SSSR count). The van der Waals surface area contributed by atoms with Crippen molar-refractivity contribution in [3.8, 4) is 17.0 Å². The molecule has 1 aromatic heterocycles. The average Bonchev–Trinajstić information content (AvgIpc) is 2.29. The van der Waals surface area contributed by atoms with Crippen LogP contribution in [0.5, 0.6) is 5.75 Å². The van der Waals surface area contributed by atoms with Gasteiger partial charge in [0, 0.05) is 24.4 Å². The number of carbonyl (C=O) groups is 1. The van der Waals surface area contributed by atoms with Crippen molar-refractivity contribution in [2.45, 2.75) is 6.92 Å². The van der Waals surface area contributed by atoms with Crippen LogP contribution >= 0.6 is 0 Å². The van der Waals surface area contributed by atoms with E-state index in [1.54, 1.807) is 36.5 Å². The topological polar surface area (TPSA) is 62.2 Å². The van der Waals surface area contributed by atoms with Gasteiger partial charge in [0.15, 0.2) is 0 Å². The molecular weight excluding hydrogens is 216 g/mol. The van der Waals surface area contributed by atoms with Crippen LogP contribution in [0.1, 0.15) is 6.92 Å². The number of aromatic nitrogens is 1. The molecule has 0 aliphatic rings. The van der Waals surface area contributed by atoms with E-state index in [0.29, 0.717) is 11.4 Å². The first-order valence-corrected chi connectivity index (χ1v) is 5.19. The number of benzene rings is 1. The maximum atomic E-state index is 11.0. The second kappa shape index (κ2) is 4.65. The summed E-state index contributed by atoms with van der Waals surface area (Å²) in [6.07, 6.45) is 1.61. The third-order valence-corrected chi connectivity index (χ3v) is 2.24. The number of nitrogens with zero attached hydrogens (tertiary/aromatic N) is 1. The minimum atomic E-state index is -0.132. The highest BCUT2D eigenvalue weighted by Gasteiger charge is 2.05. The fourth-order valence-electron chi connectivity index (χ4n) is 1.57. The molecule has 0 radical (unpaired) electrons. The molecule has 0 bridgehead atoms. The minimum Gasteiger partial charge on any atom is -0.506 e. The molecule has 0 aliphatic carbocycles. The molecule has 0 saturated heterocycles. The van der Waals surface area contributed by atoms with Crippen molar-refractivity contribution >= 4 is 11.6 Å². The Kier molecular flexibility index (Phi) is 3.05. The Balaban J connectivity index is 2.40. The lowest BCUT2D eigenvalue weighted by Gasteiger charge is -2.06. The normalized spacial score (nSPS) is 9.94. The van der Waals surface area contributed by atoms with Gasteiger partial charge in [-0.1, -0.05) is 12.1 Å². The maximum Gasteiger partial charge on any atom is 0.221 e. The standard InChI is InChI=1S/C13H12N2O2/c1-9(16)15-11-5-2-4-10(8-11)13-12(17)6-3-7-14-13/h2-8,17H,1H3,(H,15,16). The van der Waals surface area contributed by atoms with E-state index in [1.165, 1.54) is 6.92 Å². The van der Waals surface area contributed by atoms with Crippen molar-refractivity contribution < 1.29 is 9.90 Å². The Morgan fingerprint density at radius 2 is 2.12 bits per heavy atom. The van der Waals surface area contributed by atoms with E-state index in [4.69, 9.17) is 0 Å². The van der Waals surface area contributed by atoms with Crippen LogP contribution in [0.4, 0.5) is 5.69 Å². The summed E-state index contributed by atoms with van der Waals surface area (Å²) in [5, 5.41) is 12.4. The van der Waals surface area contributed by atoms with E-state index >= 15 is 0 Å². The Labute approximate surface area is 98.9 Å². The number of anilines is 1. The molecule has 1 aromatic carbocycles. The van der Waals surface area contributed by atoms with Crippen LogP contribution in [-0.2, 0) is 4.79 Å². The fraction of sp³-hybridized carbons (Fsp3) is 0.0769. The molecule has 2 N–H and O–H groups in total. The first-order valence-electron chi connectivity index (χ1n) is 5.19. The minimum absolute atomic E-state index is 0.118. The molecule has 0 atom stereocenters. The van der Waals surface area contributed by atoms with Gasteiger partial charge in [0.1, 0.15) is 11.4 Å². The number of nitrogens with one attached hydrogen (secondary N) is 1. The predicted octanol–water partition coefficient (Wildman–Crippen LogP) is 2.41. The summed E-state index contributed by atoms with van der Waals surface area (Å²) in [4.78, 5) is 15.1. The van der Waals surface area contributed by atoms with Gasteiger partial charge >= 0.3 is 0 Å². The number of hydrogen-bond donors (Lipinski definition) is 2. The summed E-state index contributed by atoms with van der Waals surface area (Å²) in [6, 6.07) is 10.4. The van der Waals surface area contributed by atoms with Gasteiger partial charge in [-0.2, -0.15) is 0 Å². The van der Waals surface area contributed by atoms with Crippen LogP contribution in [0.3, 0.4) is 0 Å². The van der Waals surface area contributed by atoms with Gasteiger partial charge in [0.25, 0.3) is 0 Å². The van der Waals surface area contributed by atoms with Crippen LogP contribution < -0.4 is 5.32 Å². The zero-order chi connectivity index (χ0) is 12.3. The lowest BCUT2D eigenvalue weighted by atomic mass is 10.1. The highest BCUT2D eigenvalue weighted by Crippen LogP contribution is 2.27. The number of rotatable bonds is 2. The van der Waals surface area contributed by atoms with Crippen LogP contribution in [0, 0.1) is 0 Å². The van der Waals surface area contributed by atoms with Gasteiger partial charge in [0.2, 0.25) is 5.91 Å². The number of pyridine rings is 1. The molecular formula is C13H12N2O2. The van der Waals surface area contributed by atoms with Gasteiger partial charge in [-0.05, 0) is 24.3 Å². The number of amides is 1. The van der Waals surface area contributed by atoms with Crippen molar-refractivity contribution in [1.82, 2.24) is 4.98 Å². The van der Waals surface area contributed by atoms with E-state index in [9.17, 15) is 9.90 Å². The van der Waals surface area contributed by atoms with Gasteiger partial charge in [-0.15, -0.1) is 0 Å². The highest BCUT2D eigenvalue weighted by molar-refractivity contribution is 5.89. The van der Waals surface area contributed by atoms with Gasteiger partial charge in [0.05, 0.1) is 0 Å². The fourth-order valence-corrected chi connectivity index (χ4v) is 1.57. The molecule has 4 nitrogen and oxygen atoms in total.